The number of rotatable bonds is 6. The van der Waals surface area contributed by atoms with Gasteiger partial charge in [0, 0.05) is 6.42 Å². The fourth-order valence-corrected chi connectivity index (χ4v) is 3.79. The van der Waals surface area contributed by atoms with Crippen molar-refractivity contribution < 1.29 is 27.5 Å². The van der Waals surface area contributed by atoms with Crippen LogP contribution >= 0.6 is 0 Å². The molecule has 8 nitrogen and oxygen atoms in total. The molecule has 0 saturated carbocycles. The van der Waals surface area contributed by atoms with Gasteiger partial charge in [0.1, 0.15) is 5.75 Å². The van der Waals surface area contributed by atoms with Gasteiger partial charge in [-0.15, -0.1) is 0 Å². The van der Waals surface area contributed by atoms with Crippen LogP contribution in [0.2, 0.25) is 0 Å². The van der Waals surface area contributed by atoms with E-state index in [1.54, 1.807) is 36.4 Å². The lowest BCUT2D eigenvalue weighted by molar-refractivity contribution is -0.148. The van der Waals surface area contributed by atoms with Crippen molar-refractivity contribution in [1.29, 1.82) is 0 Å². The van der Waals surface area contributed by atoms with Crippen molar-refractivity contribution in [2.75, 3.05) is 25.6 Å². The number of nitrogens with zero attached hydrogens (tertiary/aromatic N) is 1. The first-order valence-corrected chi connectivity index (χ1v) is 10.5. The molecule has 0 unspecified atom stereocenters. The second-order valence-corrected chi connectivity index (χ2v) is 8.34. The number of hydrogen-bond acceptors (Lipinski definition) is 6. The Balaban J connectivity index is 1.72. The zero-order valence-corrected chi connectivity index (χ0v) is 16.9. The zero-order valence-electron chi connectivity index (χ0n) is 16.1. The number of sulfonamides is 1. The van der Waals surface area contributed by atoms with Crippen molar-refractivity contribution in [2.24, 2.45) is 0 Å². The van der Waals surface area contributed by atoms with Gasteiger partial charge >= 0.3 is 5.97 Å². The number of anilines is 1. The van der Waals surface area contributed by atoms with E-state index in [9.17, 15) is 18.0 Å². The lowest BCUT2D eigenvalue weighted by Gasteiger charge is -2.33. The molecule has 1 N–H and O–H groups in total. The van der Waals surface area contributed by atoms with E-state index in [1.165, 1.54) is 31.2 Å². The SMILES string of the molecule is CNS(=O)(=O)c1ccc(CCC(=O)N2C[C@H](C(=O)OC)Oc3ccccc32)cc1. The molecule has 1 heterocycles. The van der Waals surface area contributed by atoms with Crippen molar-refractivity contribution in [3.63, 3.8) is 0 Å². The van der Waals surface area contributed by atoms with E-state index in [1.807, 2.05) is 0 Å². The molecule has 0 aromatic heterocycles. The number of ether oxygens (including phenoxy) is 2. The summed E-state index contributed by atoms with van der Waals surface area (Å²) in [5.41, 5.74) is 1.44. The third-order valence-corrected chi connectivity index (χ3v) is 6.10. The normalized spacial score (nSPS) is 15.9. The predicted octanol–water partition coefficient (Wildman–Crippen LogP) is 1.49. The van der Waals surface area contributed by atoms with Gasteiger partial charge < -0.3 is 14.4 Å². The number of methoxy groups -OCH3 is 1. The molecule has 0 radical (unpaired) electrons. The molecule has 0 fully saturated rings. The average Bonchev–Trinajstić information content (AvgIpc) is 2.76. The van der Waals surface area contributed by atoms with Gasteiger partial charge in [-0.05, 0) is 43.3 Å². The first kappa shape index (κ1) is 20.8. The van der Waals surface area contributed by atoms with Crippen LogP contribution in [0.1, 0.15) is 12.0 Å². The van der Waals surface area contributed by atoms with E-state index < -0.39 is 22.1 Å². The molecule has 1 aliphatic rings. The summed E-state index contributed by atoms with van der Waals surface area (Å²) in [4.78, 5) is 26.5. The van der Waals surface area contributed by atoms with E-state index in [-0.39, 0.29) is 23.8 Å². The van der Waals surface area contributed by atoms with Crippen LogP contribution in [0.5, 0.6) is 5.75 Å². The number of fused-ring (bicyclic) bond motifs is 1. The Morgan fingerprint density at radius 1 is 1.17 bits per heavy atom. The predicted molar refractivity (Wildman–Crippen MR) is 106 cm³/mol. The highest BCUT2D eigenvalue weighted by Gasteiger charge is 2.34. The molecule has 0 spiro atoms. The number of esters is 1. The van der Waals surface area contributed by atoms with Crippen molar-refractivity contribution in [3.05, 3.63) is 54.1 Å². The van der Waals surface area contributed by atoms with E-state index in [4.69, 9.17) is 9.47 Å². The molecule has 29 heavy (non-hydrogen) atoms. The van der Waals surface area contributed by atoms with Gasteiger partial charge in [-0.25, -0.2) is 17.9 Å². The summed E-state index contributed by atoms with van der Waals surface area (Å²) in [6, 6.07) is 13.4. The van der Waals surface area contributed by atoms with Crippen molar-refractivity contribution >= 4 is 27.6 Å². The number of nitrogens with one attached hydrogen (secondary N) is 1. The topological polar surface area (TPSA) is 102 Å². The summed E-state index contributed by atoms with van der Waals surface area (Å²) in [7, 11) is -0.872. The van der Waals surface area contributed by atoms with E-state index in [2.05, 4.69) is 4.72 Å². The van der Waals surface area contributed by atoms with Crippen molar-refractivity contribution in [3.8, 4) is 5.75 Å². The summed E-state index contributed by atoms with van der Waals surface area (Å²) in [6.45, 7) is 0.0713. The van der Waals surface area contributed by atoms with Gasteiger partial charge in [-0.1, -0.05) is 24.3 Å². The maximum atomic E-state index is 12.9. The molecular formula is C20H22N2O6S. The molecule has 1 aliphatic heterocycles. The summed E-state index contributed by atoms with van der Waals surface area (Å²) in [6.07, 6.45) is -0.258. The minimum Gasteiger partial charge on any atom is -0.475 e. The third kappa shape index (κ3) is 4.57. The lowest BCUT2D eigenvalue weighted by Crippen LogP contribution is -2.47. The van der Waals surface area contributed by atoms with Crippen molar-refractivity contribution in [1.82, 2.24) is 4.72 Å². The van der Waals surface area contributed by atoms with Crippen molar-refractivity contribution in [2.45, 2.75) is 23.8 Å². The van der Waals surface area contributed by atoms with Gasteiger partial charge in [0.25, 0.3) is 0 Å². The van der Waals surface area contributed by atoms with Gasteiger partial charge in [0.2, 0.25) is 22.0 Å². The first-order chi connectivity index (χ1) is 13.9. The Bertz CT molecular complexity index is 1000. The molecule has 154 valence electrons. The molecule has 2 aromatic rings. The molecule has 9 heteroatoms. The van der Waals surface area contributed by atoms with Gasteiger partial charge in [-0.2, -0.15) is 0 Å². The summed E-state index contributed by atoms with van der Waals surface area (Å²) in [5.74, 6) is -0.260. The fourth-order valence-electron chi connectivity index (χ4n) is 3.06. The van der Waals surface area contributed by atoms with E-state index in [0.29, 0.717) is 17.9 Å². The third-order valence-electron chi connectivity index (χ3n) is 4.67. The van der Waals surface area contributed by atoms with Crippen LogP contribution in [0.25, 0.3) is 0 Å². The molecule has 2 aromatic carbocycles. The second-order valence-electron chi connectivity index (χ2n) is 6.45. The second kappa shape index (κ2) is 8.62. The molecule has 0 saturated heterocycles. The van der Waals surface area contributed by atoms with Crippen LogP contribution in [0, 0.1) is 0 Å². The lowest BCUT2D eigenvalue weighted by atomic mass is 10.1. The number of hydrogen-bond donors (Lipinski definition) is 1. The Hall–Kier alpha value is -2.91. The molecule has 1 atom stereocenters. The summed E-state index contributed by atoms with van der Waals surface area (Å²) in [5, 5.41) is 0. The first-order valence-electron chi connectivity index (χ1n) is 9.02. The van der Waals surface area contributed by atoms with Crippen LogP contribution in [0.4, 0.5) is 5.69 Å². The highest BCUT2D eigenvalue weighted by Crippen LogP contribution is 2.33. The number of aryl methyl sites for hydroxylation is 1. The number of carbonyl (C=O) groups is 2. The van der Waals surface area contributed by atoms with E-state index in [0.717, 1.165) is 5.56 Å². The van der Waals surface area contributed by atoms with Gasteiger partial charge in [-0.3, -0.25) is 4.79 Å². The number of benzene rings is 2. The minimum absolute atomic E-state index is 0.0713. The van der Waals surface area contributed by atoms with E-state index >= 15 is 0 Å². The highest BCUT2D eigenvalue weighted by molar-refractivity contribution is 7.89. The molecule has 1 amide bonds. The highest BCUT2D eigenvalue weighted by atomic mass is 32.2. The fraction of sp³-hybridized carbons (Fsp3) is 0.300. The molecule has 0 aliphatic carbocycles. The van der Waals surface area contributed by atoms with Crippen LogP contribution < -0.4 is 14.4 Å². The Labute approximate surface area is 169 Å². The van der Waals surface area contributed by atoms with Crippen LogP contribution in [-0.2, 0) is 30.8 Å². The van der Waals surface area contributed by atoms with Gasteiger partial charge in [0.15, 0.2) is 0 Å². The number of amides is 1. The molecule has 3 rings (SSSR count). The minimum atomic E-state index is -3.50. The largest absolute Gasteiger partial charge is 0.475 e. The smallest absolute Gasteiger partial charge is 0.348 e. The number of carbonyl (C=O) groups excluding carboxylic acids is 2. The summed E-state index contributed by atoms with van der Waals surface area (Å²) >= 11 is 0. The van der Waals surface area contributed by atoms with Crippen LogP contribution in [-0.4, -0.2) is 47.1 Å². The van der Waals surface area contributed by atoms with Crippen LogP contribution in [0.3, 0.4) is 0 Å². The summed E-state index contributed by atoms with van der Waals surface area (Å²) < 4.78 is 36.2. The molecular weight excluding hydrogens is 396 g/mol. The zero-order chi connectivity index (χ0) is 21.0. The Morgan fingerprint density at radius 2 is 1.86 bits per heavy atom. The van der Waals surface area contributed by atoms with Gasteiger partial charge in [0.05, 0.1) is 24.2 Å². The Morgan fingerprint density at radius 3 is 2.52 bits per heavy atom. The molecule has 0 bridgehead atoms. The maximum absolute atomic E-state index is 12.9. The standard InChI is InChI=1S/C20H22N2O6S/c1-21-29(25,26)15-10-7-14(8-11-15)9-12-19(23)22-13-18(20(24)27-2)28-17-6-4-3-5-16(17)22/h3-8,10-11,18,21H,9,12-13H2,1-2H3/t18-/m1/s1. The quantitative estimate of drug-likeness (QED) is 0.714. The maximum Gasteiger partial charge on any atom is 0.348 e. The monoisotopic (exact) mass is 418 g/mol. The average molecular weight is 418 g/mol. The van der Waals surface area contributed by atoms with Crippen LogP contribution in [0.15, 0.2) is 53.4 Å². The number of para-hydroxylation sites is 2. The Kier molecular flexibility index (Phi) is 6.19.